The first-order valence-electron chi connectivity index (χ1n) is 13.8. The predicted octanol–water partition coefficient (Wildman–Crippen LogP) is 2.42. The largest absolute Gasteiger partial charge is 0.748 e. The summed E-state index contributed by atoms with van der Waals surface area (Å²) in [6.07, 6.45) is 4.66. The first kappa shape index (κ1) is 28.9. The number of carbonyl (C=O) groups is 1. The van der Waals surface area contributed by atoms with Gasteiger partial charge in [0.25, 0.3) is 0 Å². The minimum atomic E-state index is -4.57. The number of rotatable bonds is 8. The molecule has 37 heavy (non-hydrogen) atoms. The first-order chi connectivity index (χ1) is 17.2. The van der Waals surface area contributed by atoms with Crippen molar-refractivity contribution in [2.45, 2.75) is 96.9 Å². The lowest BCUT2D eigenvalue weighted by Gasteiger charge is -2.63. The van der Waals surface area contributed by atoms with Crippen LogP contribution in [0.4, 0.5) is 0 Å². The number of hydrogen-bond acceptors (Lipinski definition) is 9. The Balaban J connectivity index is 1.45. The number of aliphatic hydroxyl groups excluding tert-OH is 3. The van der Waals surface area contributed by atoms with Crippen LogP contribution in [0.15, 0.2) is 5.29 Å². The van der Waals surface area contributed by atoms with Crippen molar-refractivity contribution in [3.05, 3.63) is 4.91 Å². The van der Waals surface area contributed by atoms with Crippen molar-refractivity contribution in [1.82, 2.24) is 5.01 Å². The lowest BCUT2D eigenvalue weighted by molar-refractivity contribution is -0.207. The summed E-state index contributed by atoms with van der Waals surface area (Å²) < 4.78 is 32.6. The molecule has 0 aromatic carbocycles. The quantitative estimate of drug-likeness (QED) is 0.238. The number of nitroso groups, excluding NO2 is 1. The zero-order valence-electron chi connectivity index (χ0n) is 22.2. The molecule has 1 amide bonds. The molecule has 11 atom stereocenters. The van der Waals surface area contributed by atoms with Crippen molar-refractivity contribution in [3.63, 3.8) is 0 Å². The van der Waals surface area contributed by atoms with Crippen molar-refractivity contribution >= 4 is 16.0 Å². The Labute approximate surface area is 219 Å². The van der Waals surface area contributed by atoms with Gasteiger partial charge in [0, 0.05) is 6.42 Å². The lowest BCUT2D eigenvalue weighted by atomic mass is 9.43. The predicted molar refractivity (Wildman–Crippen MR) is 134 cm³/mol. The molecule has 4 saturated carbocycles. The fourth-order valence-corrected chi connectivity index (χ4v) is 9.62. The van der Waals surface area contributed by atoms with Gasteiger partial charge in [0.2, 0.25) is 5.91 Å². The highest BCUT2D eigenvalue weighted by atomic mass is 32.2. The molecule has 4 aliphatic rings. The fraction of sp³-hybridized carbons (Fsp3) is 0.962. The molecule has 0 heterocycles. The van der Waals surface area contributed by atoms with Gasteiger partial charge in [-0.05, 0) is 97.7 Å². The van der Waals surface area contributed by atoms with E-state index in [2.05, 4.69) is 19.1 Å². The second kappa shape index (κ2) is 10.4. The summed E-state index contributed by atoms with van der Waals surface area (Å²) in [5.41, 5.74) is -0.397. The number of carbonyl (C=O) groups excluding carboxylic acids is 1. The highest BCUT2D eigenvalue weighted by Crippen LogP contribution is 2.68. The molecule has 0 aromatic heterocycles. The Morgan fingerprint density at radius 3 is 2.46 bits per heavy atom. The Bertz CT molecular complexity index is 978. The smallest absolute Gasteiger partial charge is 0.245 e. The van der Waals surface area contributed by atoms with E-state index in [1.54, 1.807) is 0 Å². The second-order valence-electron chi connectivity index (χ2n) is 12.9. The minimum absolute atomic E-state index is 0.00406. The second-order valence-corrected chi connectivity index (χ2v) is 14.4. The summed E-state index contributed by atoms with van der Waals surface area (Å²) >= 11 is 0. The van der Waals surface area contributed by atoms with Crippen molar-refractivity contribution in [3.8, 4) is 0 Å². The number of hydrogen-bond donors (Lipinski definition) is 3. The molecule has 0 bridgehead atoms. The average molecular weight is 544 g/mol. The van der Waals surface area contributed by atoms with Crippen molar-refractivity contribution in [1.29, 1.82) is 0 Å². The maximum absolute atomic E-state index is 12.5. The Morgan fingerprint density at radius 1 is 1.11 bits per heavy atom. The van der Waals surface area contributed by atoms with Crippen LogP contribution in [-0.2, 0) is 14.9 Å². The monoisotopic (exact) mass is 543 g/mol. The Kier molecular flexibility index (Phi) is 8.15. The van der Waals surface area contributed by atoms with Crippen molar-refractivity contribution in [2.75, 3.05) is 12.3 Å². The summed E-state index contributed by atoms with van der Waals surface area (Å²) in [5, 5.41) is 36.4. The SMILES string of the molecule is C[C@H](CCC(=O)N(CCS(=O)(=O)[O-])N=O)[C@H]1CCC2C3C(C[C@H](O)[C@@]21C)[C@@]1(C)CC[C@@H](O)C[C@H]1C[C@H]3O. The maximum Gasteiger partial charge on any atom is 0.245 e. The highest BCUT2D eigenvalue weighted by Gasteiger charge is 2.65. The number of aliphatic hydroxyl groups is 3. The molecule has 212 valence electrons. The van der Waals surface area contributed by atoms with Gasteiger partial charge in [0.05, 0.1) is 46.0 Å². The number of nitrogens with zero attached hydrogens (tertiary/aromatic N) is 2. The summed E-state index contributed by atoms with van der Waals surface area (Å²) in [4.78, 5) is 23.5. The topological polar surface area (TPSA) is 168 Å². The lowest BCUT2D eigenvalue weighted by Crippen LogP contribution is -2.62. The van der Waals surface area contributed by atoms with Crippen LogP contribution in [0.5, 0.6) is 0 Å². The first-order valence-corrected chi connectivity index (χ1v) is 15.4. The van der Waals surface area contributed by atoms with E-state index in [-0.39, 0.29) is 53.4 Å². The van der Waals surface area contributed by atoms with E-state index < -0.39 is 45.9 Å². The molecule has 0 radical (unpaired) electrons. The van der Waals surface area contributed by atoms with E-state index in [9.17, 15) is 38.0 Å². The van der Waals surface area contributed by atoms with Crippen molar-refractivity contribution in [2.24, 2.45) is 51.6 Å². The Morgan fingerprint density at radius 2 is 1.81 bits per heavy atom. The van der Waals surface area contributed by atoms with Crippen LogP contribution < -0.4 is 0 Å². The third kappa shape index (κ3) is 5.23. The molecule has 3 N–H and O–H groups in total. The van der Waals surface area contributed by atoms with Crippen molar-refractivity contribution < 1.29 is 33.1 Å². The van der Waals surface area contributed by atoms with E-state index in [0.717, 1.165) is 32.1 Å². The molecule has 4 rings (SSSR count). The number of amides is 1. The van der Waals surface area contributed by atoms with Gasteiger partial charge in [0.1, 0.15) is 0 Å². The molecule has 0 aliphatic heterocycles. The van der Waals surface area contributed by atoms with E-state index in [1.165, 1.54) is 0 Å². The molecular formula is C26H43N2O8S-. The van der Waals surface area contributed by atoms with Crippen LogP contribution in [0.25, 0.3) is 0 Å². The third-order valence-corrected chi connectivity index (χ3v) is 12.0. The van der Waals surface area contributed by atoms with Crippen LogP contribution in [0.1, 0.15) is 78.6 Å². The van der Waals surface area contributed by atoms with Gasteiger partial charge in [-0.25, -0.2) is 8.42 Å². The summed E-state index contributed by atoms with van der Waals surface area (Å²) in [6.45, 7) is 5.93. The fourth-order valence-electron chi connectivity index (χ4n) is 9.22. The molecule has 4 aliphatic carbocycles. The standard InChI is InChI=1S/C26H44N2O8S/c1-15(4-7-23(32)28(27-33)10-11-37(34,35)36)18-5-6-19-24-20(14-22(31)26(18,19)3)25(2)9-8-17(29)12-16(25)13-21(24)30/h15-22,24,29-31H,4-14H2,1-3H3,(H,34,35,36)/p-1/t15-,16+,17-,18-,19?,20?,21-,22+,24?,25+,26-/m1/s1. The van der Waals surface area contributed by atoms with Crippen LogP contribution >= 0.6 is 0 Å². The van der Waals surface area contributed by atoms with Crippen LogP contribution in [0.3, 0.4) is 0 Å². The zero-order valence-corrected chi connectivity index (χ0v) is 23.0. The number of fused-ring (bicyclic) bond motifs is 5. The molecule has 4 fully saturated rings. The zero-order chi connectivity index (χ0) is 27.3. The van der Waals surface area contributed by atoms with E-state index in [4.69, 9.17) is 0 Å². The van der Waals surface area contributed by atoms with Crippen LogP contribution in [0.2, 0.25) is 0 Å². The minimum Gasteiger partial charge on any atom is -0.748 e. The van der Waals surface area contributed by atoms with Gasteiger partial charge in [-0.2, -0.15) is 5.01 Å². The molecule has 3 unspecified atom stereocenters. The van der Waals surface area contributed by atoms with Gasteiger partial charge in [-0.15, -0.1) is 4.91 Å². The van der Waals surface area contributed by atoms with E-state index in [1.807, 2.05) is 6.92 Å². The normalized spacial score (nSPS) is 44.3. The molecule has 0 aromatic rings. The maximum atomic E-state index is 12.5. The summed E-state index contributed by atoms with van der Waals surface area (Å²) in [6, 6.07) is 0. The van der Waals surface area contributed by atoms with Gasteiger partial charge in [-0.3, -0.25) is 4.79 Å². The molecule has 10 nitrogen and oxygen atoms in total. The molecule has 11 heteroatoms. The summed E-state index contributed by atoms with van der Waals surface area (Å²) in [7, 11) is -4.57. The van der Waals surface area contributed by atoms with Gasteiger partial charge >= 0.3 is 0 Å². The van der Waals surface area contributed by atoms with Crippen LogP contribution in [0, 0.1) is 51.2 Å². The molecular weight excluding hydrogens is 500 g/mol. The highest BCUT2D eigenvalue weighted by molar-refractivity contribution is 7.85. The van der Waals surface area contributed by atoms with Gasteiger partial charge in [0.15, 0.2) is 0 Å². The third-order valence-electron chi connectivity index (χ3n) is 11.3. The van der Waals surface area contributed by atoms with Crippen LogP contribution in [-0.4, -0.2) is 69.8 Å². The molecule has 0 saturated heterocycles. The average Bonchev–Trinajstić information content (AvgIpc) is 3.17. The van der Waals surface area contributed by atoms with E-state index >= 15 is 0 Å². The Hall–Kier alpha value is -1.14. The van der Waals surface area contributed by atoms with Gasteiger partial charge in [-0.1, -0.05) is 20.8 Å². The summed E-state index contributed by atoms with van der Waals surface area (Å²) in [5.74, 6) is -0.553. The molecule has 0 spiro atoms. The van der Waals surface area contributed by atoms with Gasteiger partial charge < -0.3 is 19.9 Å². The van der Waals surface area contributed by atoms with E-state index in [0.29, 0.717) is 24.3 Å².